The predicted molar refractivity (Wildman–Crippen MR) is 81.3 cm³/mol. The van der Waals surface area contributed by atoms with E-state index in [4.69, 9.17) is 23.2 Å². The molecule has 1 heterocycles. The van der Waals surface area contributed by atoms with Gasteiger partial charge in [-0.25, -0.2) is 4.68 Å². The van der Waals surface area contributed by atoms with E-state index in [1.807, 2.05) is 6.92 Å². The molecule has 106 valence electrons. The molecule has 0 aliphatic rings. The molecule has 2 aromatic rings. The molecular weight excluding hydrogens is 319 g/mol. The van der Waals surface area contributed by atoms with Gasteiger partial charge < -0.3 is 0 Å². The third-order valence-corrected chi connectivity index (χ3v) is 3.83. The van der Waals surface area contributed by atoms with Crippen LogP contribution in [0.4, 0.5) is 0 Å². The number of halogens is 2. The topological polar surface area (TPSA) is 59.8 Å². The van der Waals surface area contributed by atoms with E-state index in [0.29, 0.717) is 26.6 Å². The quantitative estimate of drug-likeness (QED) is 0.873. The van der Waals surface area contributed by atoms with Crippen molar-refractivity contribution < 1.29 is 4.79 Å². The van der Waals surface area contributed by atoms with Crippen molar-refractivity contribution in [2.24, 2.45) is 0 Å². The van der Waals surface area contributed by atoms with Crippen LogP contribution in [0.5, 0.6) is 0 Å². The normalized spacial score (nSPS) is 10.6. The maximum atomic E-state index is 12.3. The summed E-state index contributed by atoms with van der Waals surface area (Å²) in [4.78, 5) is 12.3. The molecule has 5 nitrogen and oxygen atoms in total. The number of carbonyl (C=O) groups is 1. The lowest BCUT2D eigenvalue weighted by Gasteiger charge is -2.10. The molecule has 8 heteroatoms. The average Bonchev–Trinajstić information content (AvgIpc) is 2.75. The molecular formula is C12H12Cl2N4OS. The predicted octanol–water partition coefficient (Wildman–Crippen LogP) is 3.39. The molecule has 1 N–H and O–H groups in total. The molecule has 0 saturated heterocycles. The van der Waals surface area contributed by atoms with Crippen molar-refractivity contribution in [3.63, 3.8) is 0 Å². The number of benzene rings is 1. The zero-order valence-electron chi connectivity index (χ0n) is 10.9. The van der Waals surface area contributed by atoms with Gasteiger partial charge in [-0.1, -0.05) is 41.9 Å². The molecule has 0 saturated carbocycles. The summed E-state index contributed by atoms with van der Waals surface area (Å²) in [5, 5.41) is 9.34. The Kier molecular flexibility index (Phi) is 4.91. The van der Waals surface area contributed by atoms with E-state index in [2.05, 4.69) is 15.6 Å². The Bertz CT molecular complexity index is 644. The lowest BCUT2D eigenvalue weighted by Crippen LogP contribution is -2.25. The van der Waals surface area contributed by atoms with Gasteiger partial charge in [-0.3, -0.25) is 10.2 Å². The number of carbonyl (C=O) groups excluding carboxylic acids is 1. The van der Waals surface area contributed by atoms with Crippen LogP contribution in [0.3, 0.4) is 0 Å². The monoisotopic (exact) mass is 330 g/mol. The van der Waals surface area contributed by atoms with Gasteiger partial charge in [0.2, 0.25) is 5.16 Å². The zero-order valence-corrected chi connectivity index (χ0v) is 13.2. The van der Waals surface area contributed by atoms with Crippen LogP contribution in [0, 0.1) is 6.92 Å². The van der Waals surface area contributed by atoms with Gasteiger partial charge in [0.15, 0.2) is 0 Å². The fraction of sp³-hybridized carbons (Fsp3) is 0.250. The van der Waals surface area contributed by atoms with Crippen molar-refractivity contribution >= 4 is 40.9 Å². The molecule has 0 atom stereocenters. The number of aryl methyl sites for hydroxylation is 1. The molecule has 2 rings (SSSR count). The number of nitrogens with zero attached hydrogens (tertiary/aromatic N) is 3. The fourth-order valence-corrected chi connectivity index (χ4v) is 2.57. The number of amides is 1. The van der Waals surface area contributed by atoms with Gasteiger partial charge in [0.1, 0.15) is 5.82 Å². The van der Waals surface area contributed by atoms with Crippen LogP contribution in [0.1, 0.15) is 23.1 Å². The van der Waals surface area contributed by atoms with Gasteiger partial charge in [-0.2, -0.15) is 0 Å². The Morgan fingerprint density at radius 1 is 1.40 bits per heavy atom. The number of nitrogens with one attached hydrogen (secondary N) is 1. The number of aromatic nitrogens is 3. The third-order valence-electron chi connectivity index (χ3n) is 2.45. The molecule has 0 radical (unpaired) electrons. The molecule has 1 aromatic heterocycles. The summed E-state index contributed by atoms with van der Waals surface area (Å²) in [5.74, 6) is 1.05. The summed E-state index contributed by atoms with van der Waals surface area (Å²) in [7, 11) is 0. The SMILES string of the molecule is CCSc1nnc(C)n1NC(=O)c1cc(Cl)ccc1Cl. The van der Waals surface area contributed by atoms with E-state index in [-0.39, 0.29) is 5.91 Å². The van der Waals surface area contributed by atoms with Gasteiger partial charge >= 0.3 is 0 Å². The second-order valence-corrected chi connectivity index (χ2v) is 5.94. The third kappa shape index (κ3) is 3.26. The molecule has 20 heavy (non-hydrogen) atoms. The van der Waals surface area contributed by atoms with Crippen LogP contribution in [0.15, 0.2) is 23.4 Å². The van der Waals surface area contributed by atoms with Crippen molar-refractivity contribution in [3.05, 3.63) is 39.6 Å². The Hall–Kier alpha value is -1.24. The molecule has 0 bridgehead atoms. The average molecular weight is 331 g/mol. The Morgan fingerprint density at radius 3 is 2.85 bits per heavy atom. The van der Waals surface area contributed by atoms with E-state index >= 15 is 0 Å². The van der Waals surface area contributed by atoms with Gasteiger partial charge in [0.25, 0.3) is 5.91 Å². The summed E-state index contributed by atoms with van der Waals surface area (Å²) in [6, 6.07) is 4.73. The van der Waals surface area contributed by atoms with Crippen molar-refractivity contribution in [3.8, 4) is 0 Å². The molecule has 0 aliphatic heterocycles. The van der Waals surface area contributed by atoms with Gasteiger partial charge in [-0.15, -0.1) is 10.2 Å². The maximum Gasteiger partial charge on any atom is 0.271 e. The largest absolute Gasteiger partial charge is 0.271 e. The maximum absolute atomic E-state index is 12.3. The minimum absolute atomic E-state index is 0.305. The first-order valence-corrected chi connectivity index (χ1v) is 7.58. The summed E-state index contributed by atoms with van der Waals surface area (Å²) in [5.41, 5.74) is 3.02. The van der Waals surface area contributed by atoms with E-state index in [1.165, 1.54) is 22.5 Å². The molecule has 0 spiro atoms. The fourth-order valence-electron chi connectivity index (χ4n) is 1.53. The van der Waals surface area contributed by atoms with Gasteiger partial charge in [0, 0.05) is 5.02 Å². The van der Waals surface area contributed by atoms with Crippen molar-refractivity contribution in [2.45, 2.75) is 19.0 Å². The smallest absolute Gasteiger partial charge is 0.267 e. The second kappa shape index (κ2) is 6.47. The zero-order chi connectivity index (χ0) is 14.7. The number of hydrogen-bond donors (Lipinski definition) is 1. The Balaban J connectivity index is 2.28. The second-order valence-electron chi connectivity index (χ2n) is 3.86. The number of rotatable bonds is 4. The Morgan fingerprint density at radius 2 is 2.15 bits per heavy atom. The van der Waals surface area contributed by atoms with E-state index < -0.39 is 0 Å². The molecule has 1 amide bonds. The van der Waals surface area contributed by atoms with Crippen LogP contribution >= 0.6 is 35.0 Å². The van der Waals surface area contributed by atoms with Crippen molar-refractivity contribution in [2.75, 3.05) is 11.2 Å². The number of hydrogen-bond acceptors (Lipinski definition) is 4. The lowest BCUT2D eigenvalue weighted by molar-refractivity contribution is 0.101. The summed E-state index contributed by atoms with van der Waals surface area (Å²) >= 11 is 13.4. The first-order valence-electron chi connectivity index (χ1n) is 5.84. The Labute approximate surface area is 130 Å². The summed E-state index contributed by atoms with van der Waals surface area (Å²) < 4.78 is 1.54. The standard InChI is InChI=1S/C12H12Cl2N4OS/c1-3-20-12-16-15-7(2)18(12)17-11(19)9-6-8(13)4-5-10(9)14/h4-6H,3H2,1-2H3,(H,17,19). The molecule has 0 fully saturated rings. The minimum atomic E-state index is -0.363. The minimum Gasteiger partial charge on any atom is -0.267 e. The first-order chi connectivity index (χ1) is 9.52. The summed E-state index contributed by atoms with van der Waals surface area (Å²) in [6.07, 6.45) is 0. The van der Waals surface area contributed by atoms with Crippen LogP contribution in [-0.2, 0) is 0 Å². The highest BCUT2D eigenvalue weighted by molar-refractivity contribution is 7.99. The molecule has 0 unspecified atom stereocenters. The highest BCUT2D eigenvalue weighted by Crippen LogP contribution is 2.21. The van der Waals surface area contributed by atoms with Crippen LogP contribution < -0.4 is 5.43 Å². The number of thioether (sulfide) groups is 1. The van der Waals surface area contributed by atoms with E-state index in [1.54, 1.807) is 19.1 Å². The highest BCUT2D eigenvalue weighted by atomic mass is 35.5. The summed E-state index contributed by atoms with van der Waals surface area (Å²) in [6.45, 7) is 3.75. The molecule has 1 aromatic carbocycles. The van der Waals surface area contributed by atoms with Crippen LogP contribution in [-0.4, -0.2) is 26.5 Å². The highest BCUT2D eigenvalue weighted by Gasteiger charge is 2.15. The van der Waals surface area contributed by atoms with Crippen LogP contribution in [0.2, 0.25) is 10.0 Å². The van der Waals surface area contributed by atoms with Gasteiger partial charge in [-0.05, 0) is 30.9 Å². The first kappa shape index (κ1) is 15.2. The van der Waals surface area contributed by atoms with Crippen molar-refractivity contribution in [1.29, 1.82) is 0 Å². The van der Waals surface area contributed by atoms with E-state index in [9.17, 15) is 4.79 Å². The lowest BCUT2D eigenvalue weighted by atomic mass is 10.2. The van der Waals surface area contributed by atoms with Gasteiger partial charge in [0.05, 0.1) is 10.6 Å². The molecule has 0 aliphatic carbocycles. The van der Waals surface area contributed by atoms with E-state index in [0.717, 1.165) is 5.75 Å². The van der Waals surface area contributed by atoms with Crippen LogP contribution in [0.25, 0.3) is 0 Å². The van der Waals surface area contributed by atoms with Crippen molar-refractivity contribution in [1.82, 2.24) is 14.9 Å².